The minimum Gasteiger partial charge on any atom is -0.548 e. The first kappa shape index (κ1) is 45.9. The third kappa shape index (κ3) is 18.1. The molecule has 1 aromatic heterocycles. The number of aromatic nitrogens is 2. The van der Waals surface area contributed by atoms with Gasteiger partial charge in [-0.25, -0.2) is 4.79 Å². The van der Waals surface area contributed by atoms with E-state index in [9.17, 15) is 29.5 Å². The molecule has 0 radical (unpaired) electrons. The number of hydrogen-bond donors (Lipinski definition) is 2. The van der Waals surface area contributed by atoms with E-state index >= 15 is 0 Å². The zero-order chi connectivity index (χ0) is 40.4. The largest absolute Gasteiger partial charge is 0.548 e. The highest BCUT2D eigenvalue weighted by Crippen LogP contribution is 2.19. The molecule has 2 aromatic rings. The van der Waals surface area contributed by atoms with Crippen LogP contribution in [-0.4, -0.2) is 46.2 Å². The summed E-state index contributed by atoms with van der Waals surface area (Å²) in [6.07, 6.45) is 30.7. The Balaban J connectivity index is 0.000000385. The molecule has 4 N–H and O–H groups in total. The van der Waals surface area contributed by atoms with Crippen LogP contribution in [0.2, 0.25) is 0 Å². The summed E-state index contributed by atoms with van der Waals surface area (Å²) in [5, 5.41) is 22.9. The van der Waals surface area contributed by atoms with Crippen molar-refractivity contribution >= 4 is 17.7 Å². The van der Waals surface area contributed by atoms with E-state index in [0.29, 0.717) is 37.2 Å². The van der Waals surface area contributed by atoms with E-state index in [1.165, 1.54) is 13.1 Å². The van der Waals surface area contributed by atoms with Gasteiger partial charge in [-0.15, -0.1) is 0 Å². The maximum atomic E-state index is 12.7. The van der Waals surface area contributed by atoms with Gasteiger partial charge in [-0.3, -0.25) is 18.7 Å². The number of amides is 1. The van der Waals surface area contributed by atoms with Crippen molar-refractivity contribution in [1.29, 1.82) is 5.26 Å². The van der Waals surface area contributed by atoms with E-state index in [2.05, 4.69) is 89.7 Å². The molecular formula is C44H62N6O5. The van der Waals surface area contributed by atoms with E-state index in [-0.39, 0.29) is 35.7 Å². The van der Waals surface area contributed by atoms with E-state index in [4.69, 9.17) is 0 Å². The van der Waals surface area contributed by atoms with Crippen molar-refractivity contribution in [2.75, 3.05) is 18.0 Å². The number of nitrogens with zero attached hydrogens (tertiary/aromatic N) is 4. The number of unbranched alkanes of at least 4 members (excludes halogenated alkanes) is 1. The summed E-state index contributed by atoms with van der Waals surface area (Å²) in [6.45, 7) is 7.74. The summed E-state index contributed by atoms with van der Waals surface area (Å²) >= 11 is 0. The molecule has 0 saturated carbocycles. The number of anilines is 1. The number of piperidine rings is 1. The molecule has 1 aliphatic rings. The van der Waals surface area contributed by atoms with Crippen LogP contribution in [0.3, 0.4) is 0 Å². The number of hydrogen-bond acceptors (Lipinski definition) is 7. The highest BCUT2D eigenvalue weighted by molar-refractivity contribution is 5.82. The monoisotopic (exact) mass is 754 g/mol. The van der Waals surface area contributed by atoms with E-state index < -0.39 is 12.0 Å². The van der Waals surface area contributed by atoms with Gasteiger partial charge < -0.3 is 25.9 Å². The van der Waals surface area contributed by atoms with Gasteiger partial charge in [0.05, 0.1) is 36.7 Å². The fraction of sp³-hybridized carbons (Fsp3) is 0.477. The number of nitrogens with one attached hydrogen (secondary N) is 1. The van der Waals surface area contributed by atoms with E-state index in [0.717, 1.165) is 68.0 Å². The molecule has 0 spiro atoms. The Morgan fingerprint density at radius 2 is 1.58 bits per heavy atom. The summed E-state index contributed by atoms with van der Waals surface area (Å²) < 4.78 is 2.68. The predicted octanol–water partition coefficient (Wildman–Crippen LogP) is 4.87. The molecule has 1 aromatic carbocycles. The number of carbonyl (C=O) groups is 2. The highest BCUT2D eigenvalue weighted by atomic mass is 16.4. The van der Waals surface area contributed by atoms with Crippen LogP contribution in [0.1, 0.15) is 103 Å². The Bertz CT molecular complexity index is 1790. The Kier molecular flexibility index (Phi) is 22.2. The average molecular weight is 755 g/mol. The van der Waals surface area contributed by atoms with Gasteiger partial charge >= 0.3 is 5.69 Å². The first-order valence-electron chi connectivity index (χ1n) is 19.6. The Morgan fingerprint density at radius 3 is 2.15 bits per heavy atom. The lowest BCUT2D eigenvalue weighted by atomic mass is 10.0. The summed E-state index contributed by atoms with van der Waals surface area (Å²) in [5.74, 6) is -0.643. The van der Waals surface area contributed by atoms with Gasteiger partial charge in [0.2, 0.25) is 5.91 Å². The number of nitriles is 1. The van der Waals surface area contributed by atoms with Crippen LogP contribution >= 0.6 is 0 Å². The molecule has 3 rings (SSSR count). The molecule has 1 aliphatic heterocycles. The van der Waals surface area contributed by atoms with Crippen molar-refractivity contribution in [3.8, 4) is 6.07 Å². The molecule has 1 amide bonds. The number of benzene rings is 1. The maximum Gasteiger partial charge on any atom is 0.332 e. The number of quaternary nitrogens is 1. The smallest absolute Gasteiger partial charge is 0.332 e. The molecule has 1 saturated heterocycles. The lowest BCUT2D eigenvalue weighted by Gasteiger charge is -2.32. The van der Waals surface area contributed by atoms with Crippen LogP contribution in [0.5, 0.6) is 0 Å². The van der Waals surface area contributed by atoms with Crippen LogP contribution < -0.4 is 32.3 Å². The second kappa shape index (κ2) is 26.5. The van der Waals surface area contributed by atoms with Gasteiger partial charge in [-0.1, -0.05) is 99.7 Å². The van der Waals surface area contributed by atoms with Crippen LogP contribution in [0.25, 0.3) is 0 Å². The third-order valence-corrected chi connectivity index (χ3v) is 8.95. The number of aliphatic carboxylic acids is 1. The lowest BCUT2D eigenvalue weighted by molar-refractivity contribution is -0.419. The van der Waals surface area contributed by atoms with E-state index in [1.807, 2.05) is 26.0 Å². The molecule has 0 unspecified atom stereocenters. The molecule has 11 heteroatoms. The van der Waals surface area contributed by atoms with Crippen molar-refractivity contribution in [3.63, 3.8) is 0 Å². The standard InChI is InChI=1S/C26H41NO3.C18H21N5O2/c1-4-5-6-7-8-9-10-11-12-13-14-15-16-17-18-19-20-21-25(28)27-24(26(29)30)22-23(2)3;1-21-17(24)9-16(22-8-4-7-15(20)12-22)23(18(21)25)11-14-6-3-2-5-13(14)10-19/h5-6,8-9,11-12,14-15,17-18,23-24H,4,7,10,13,16,19-22H2,1-3H3,(H,27,28)(H,29,30);2-3,5-6,9,15H,4,7-8,11-12,20H2,1H3/b6-5-,9-8-,12-11-,15-14-,18-17-;/t24-;15-/m01/s1. The fourth-order valence-electron chi connectivity index (χ4n) is 5.98. The highest BCUT2D eigenvalue weighted by Gasteiger charge is 2.23. The molecule has 298 valence electrons. The zero-order valence-electron chi connectivity index (χ0n) is 33.3. The van der Waals surface area contributed by atoms with Crippen LogP contribution in [0.15, 0.2) is 101 Å². The molecule has 11 nitrogen and oxygen atoms in total. The Morgan fingerprint density at radius 1 is 0.982 bits per heavy atom. The molecule has 2 atom stereocenters. The summed E-state index contributed by atoms with van der Waals surface area (Å²) in [4.78, 5) is 49.9. The molecule has 0 bridgehead atoms. The second-order valence-electron chi connectivity index (χ2n) is 14.2. The molecule has 0 aliphatic carbocycles. The van der Waals surface area contributed by atoms with Crippen LogP contribution in [0.4, 0.5) is 5.82 Å². The zero-order valence-corrected chi connectivity index (χ0v) is 33.3. The molecule has 55 heavy (non-hydrogen) atoms. The normalized spacial score (nSPS) is 15.3. The van der Waals surface area contributed by atoms with Crippen LogP contribution in [0, 0.1) is 17.2 Å². The number of carboxylic acids is 1. The van der Waals surface area contributed by atoms with Crippen molar-refractivity contribution in [3.05, 3.63) is 123 Å². The summed E-state index contributed by atoms with van der Waals surface area (Å²) in [6, 6.07) is 10.2. The maximum absolute atomic E-state index is 12.7. The van der Waals surface area contributed by atoms with Gasteiger partial charge in [0, 0.05) is 32.5 Å². The summed E-state index contributed by atoms with van der Waals surface area (Å²) in [5.41, 5.74) is 4.71. The van der Waals surface area contributed by atoms with Gasteiger partial charge in [0.1, 0.15) is 11.9 Å². The Hall–Kier alpha value is -5.21. The van der Waals surface area contributed by atoms with Gasteiger partial charge in [0.15, 0.2) is 0 Å². The summed E-state index contributed by atoms with van der Waals surface area (Å²) in [7, 11) is 1.47. The molecular weight excluding hydrogens is 693 g/mol. The Labute approximate surface area is 327 Å². The predicted molar refractivity (Wildman–Crippen MR) is 219 cm³/mol. The number of carboxylic acid groups (broad SMARTS) is 1. The lowest BCUT2D eigenvalue weighted by Crippen LogP contribution is -2.67. The van der Waals surface area contributed by atoms with Crippen molar-refractivity contribution < 1.29 is 20.4 Å². The topological polar surface area (TPSA) is 168 Å². The van der Waals surface area contributed by atoms with Crippen molar-refractivity contribution in [2.24, 2.45) is 13.0 Å². The third-order valence-electron chi connectivity index (χ3n) is 8.95. The van der Waals surface area contributed by atoms with E-state index in [1.54, 1.807) is 16.7 Å². The average Bonchev–Trinajstić information content (AvgIpc) is 3.16. The fourth-order valence-corrected chi connectivity index (χ4v) is 5.98. The second-order valence-corrected chi connectivity index (χ2v) is 14.2. The van der Waals surface area contributed by atoms with Crippen molar-refractivity contribution in [2.45, 2.75) is 110 Å². The van der Waals surface area contributed by atoms with Gasteiger partial charge in [0.25, 0.3) is 5.56 Å². The van der Waals surface area contributed by atoms with Crippen molar-refractivity contribution in [1.82, 2.24) is 14.5 Å². The van der Waals surface area contributed by atoms with Gasteiger partial charge in [-0.2, -0.15) is 5.26 Å². The number of rotatable bonds is 20. The molecule has 1 fully saturated rings. The molecule has 2 heterocycles. The van der Waals surface area contributed by atoms with Gasteiger partial charge in [-0.05, 0) is 75.3 Å². The SMILES string of the molecule is CC/C=C\C/C=C\C/C=C\C/C=C\C/C=C\CCCC(=O)N[C@@H](CC(C)C)C(=O)[O-].Cn1c(=O)cc(N2CCC[C@@H]([NH3+])C2)n(Cc2ccccc2C#N)c1=O. The quantitative estimate of drug-likeness (QED) is 0.144. The minimum atomic E-state index is -1.21. The first-order valence-corrected chi connectivity index (χ1v) is 19.6. The first-order chi connectivity index (χ1) is 26.5. The number of allylic oxidation sites excluding steroid dienone is 10. The number of carbonyl (C=O) groups excluding carboxylic acids is 2. The minimum absolute atomic E-state index is 0.189. The van der Waals surface area contributed by atoms with Crippen LogP contribution in [-0.2, 0) is 23.2 Å².